The molecule has 19 heavy (non-hydrogen) atoms. The summed E-state index contributed by atoms with van der Waals surface area (Å²) in [5, 5.41) is 5.15. The summed E-state index contributed by atoms with van der Waals surface area (Å²) in [6.45, 7) is 6.79. The summed E-state index contributed by atoms with van der Waals surface area (Å²) >= 11 is 0. The van der Waals surface area contributed by atoms with E-state index in [4.69, 9.17) is 0 Å². The van der Waals surface area contributed by atoms with E-state index in [1.807, 2.05) is 6.92 Å². The Labute approximate surface area is 116 Å². The Hall–Kier alpha value is -1.15. The summed E-state index contributed by atoms with van der Waals surface area (Å²) in [5.74, 6) is 0.0274. The Balaban J connectivity index is -0.000000209. The number of carbonyl (C=O) groups is 2. The Morgan fingerprint density at radius 2 is 1.42 bits per heavy atom. The zero-order chi connectivity index (χ0) is 15.9. The second kappa shape index (κ2) is 14.9. The Bertz CT molecular complexity index is 320. The van der Waals surface area contributed by atoms with E-state index >= 15 is 0 Å². The molecule has 0 aliphatic rings. The molecule has 7 nitrogen and oxygen atoms in total. The monoisotopic (exact) mass is 298 g/mol. The molecule has 0 aromatic carbocycles. The van der Waals surface area contributed by atoms with Crippen molar-refractivity contribution in [3.05, 3.63) is 0 Å². The minimum Gasteiger partial charge on any atom is -0.383 e. The van der Waals surface area contributed by atoms with Gasteiger partial charge in [-0.1, -0.05) is 0 Å². The van der Waals surface area contributed by atoms with Crippen LogP contribution in [0.15, 0.2) is 0 Å². The molecule has 0 saturated carbocycles. The highest BCUT2D eigenvalue weighted by Gasteiger charge is 1.85. The molecule has 0 atom stereocenters. The molecule has 0 aliphatic heterocycles. The SMILES string of the molecule is CCNC(C)=O.COCCNC(C)=O.CS(C)(=O)=O. The summed E-state index contributed by atoms with van der Waals surface area (Å²) in [7, 11) is -1.07. The molecule has 0 aromatic heterocycles. The van der Waals surface area contributed by atoms with Crippen LogP contribution < -0.4 is 10.6 Å². The van der Waals surface area contributed by atoms with E-state index in [2.05, 4.69) is 15.4 Å². The lowest BCUT2D eigenvalue weighted by Crippen LogP contribution is -2.23. The van der Waals surface area contributed by atoms with Crippen molar-refractivity contribution < 1.29 is 22.7 Å². The van der Waals surface area contributed by atoms with E-state index in [1.165, 1.54) is 13.8 Å². The normalized spacial score (nSPS) is 9.16. The van der Waals surface area contributed by atoms with Gasteiger partial charge in [0.1, 0.15) is 9.84 Å². The van der Waals surface area contributed by atoms with E-state index in [9.17, 15) is 18.0 Å². The van der Waals surface area contributed by atoms with Crippen LogP contribution in [0, 0.1) is 0 Å². The van der Waals surface area contributed by atoms with E-state index in [0.29, 0.717) is 13.2 Å². The number of methoxy groups -OCH3 is 1. The summed E-state index contributed by atoms with van der Waals surface area (Å²) in [6.07, 6.45) is 2.32. The molecule has 0 fully saturated rings. The predicted octanol–water partition coefficient (Wildman–Crippen LogP) is -0.428. The molecule has 0 rings (SSSR count). The lowest BCUT2D eigenvalue weighted by Gasteiger charge is -1.97. The molecule has 116 valence electrons. The van der Waals surface area contributed by atoms with Gasteiger partial charge in [0, 0.05) is 46.6 Å². The van der Waals surface area contributed by atoms with Gasteiger partial charge in [0.25, 0.3) is 0 Å². The van der Waals surface area contributed by atoms with Gasteiger partial charge < -0.3 is 15.4 Å². The maximum Gasteiger partial charge on any atom is 0.216 e. The maximum absolute atomic E-state index is 10.2. The minimum atomic E-state index is -2.67. The highest BCUT2D eigenvalue weighted by molar-refractivity contribution is 7.89. The van der Waals surface area contributed by atoms with Crippen LogP contribution in [0.25, 0.3) is 0 Å². The van der Waals surface area contributed by atoms with Crippen molar-refractivity contribution in [2.24, 2.45) is 0 Å². The van der Waals surface area contributed by atoms with Gasteiger partial charge in [0.15, 0.2) is 0 Å². The maximum atomic E-state index is 10.2. The third kappa shape index (κ3) is 79.2. The first kappa shape index (κ1) is 23.0. The topological polar surface area (TPSA) is 102 Å². The molecular formula is C11H26N2O5S. The van der Waals surface area contributed by atoms with Crippen LogP contribution in [0.3, 0.4) is 0 Å². The molecule has 0 heterocycles. The van der Waals surface area contributed by atoms with Crippen LogP contribution in [0.2, 0.25) is 0 Å². The average molecular weight is 298 g/mol. The Morgan fingerprint density at radius 3 is 1.58 bits per heavy atom. The number of nitrogens with one attached hydrogen (secondary N) is 2. The van der Waals surface area contributed by atoms with E-state index in [-0.39, 0.29) is 11.8 Å². The fourth-order valence-corrected chi connectivity index (χ4v) is 0.578. The number of ether oxygens (including phenoxy) is 1. The van der Waals surface area contributed by atoms with Crippen LogP contribution >= 0.6 is 0 Å². The Kier molecular flexibility index (Phi) is 18.0. The van der Waals surface area contributed by atoms with Crippen LogP contribution in [-0.4, -0.2) is 59.5 Å². The first-order valence-corrected chi connectivity index (χ1v) is 7.97. The lowest BCUT2D eigenvalue weighted by atomic mass is 10.6. The molecular weight excluding hydrogens is 272 g/mol. The second-order valence-electron chi connectivity index (χ2n) is 3.71. The third-order valence-electron chi connectivity index (χ3n) is 1.11. The van der Waals surface area contributed by atoms with Gasteiger partial charge in [0.05, 0.1) is 6.61 Å². The highest BCUT2D eigenvalue weighted by Crippen LogP contribution is 1.63. The second-order valence-corrected chi connectivity index (χ2v) is 5.99. The fraction of sp³-hybridized carbons (Fsp3) is 0.818. The molecule has 0 aliphatic carbocycles. The zero-order valence-electron chi connectivity index (χ0n) is 12.6. The number of hydrogen-bond donors (Lipinski definition) is 2. The zero-order valence-corrected chi connectivity index (χ0v) is 13.4. The summed E-state index contributed by atoms with van der Waals surface area (Å²) in [5.41, 5.74) is 0. The fourth-order valence-electron chi connectivity index (χ4n) is 0.578. The smallest absolute Gasteiger partial charge is 0.216 e. The van der Waals surface area contributed by atoms with Gasteiger partial charge in [-0.05, 0) is 6.92 Å². The molecule has 2 N–H and O–H groups in total. The summed E-state index contributed by atoms with van der Waals surface area (Å²) in [6, 6.07) is 0. The molecule has 0 radical (unpaired) electrons. The summed E-state index contributed by atoms with van der Waals surface area (Å²) < 4.78 is 23.9. The van der Waals surface area contributed by atoms with Crippen molar-refractivity contribution in [2.45, 2.75) is 20.8 Å². The molecule has 0 saturated heterocycles. The lowest BCUT2D eigenvalue weighted by molar-refractivity contribution is -0.119. The van der Waals surface area contributed by atoms with Crippen LogP contribution in [0.4, 0.5) is 0 Å². The average Bonchev–Trinajstić information content (AvgIpc) is 2.15. The first-order chi connectivity index (χ1) is 8.54. The van der Waals surface area contributed by atoms with Crippen molar-refractivity contribution in [2.75, 3.05) is 39.3 Å². The van der Waals surface area contributed by atoms with Gasteiger partial charge in [-0.2, -0.15) is 0 Å². The third-order valence-corrected chi connectivity index (χ3v) is 1.11. The molecule has 8 heteroatoms. The number of sulfone groups is 1. The standard InChI is InChI=1S/C5H11NO2.C4H9NO.C2H6O2S/c1-5(7)6-3-4-8-2;1-3-5-4(2)6;1-5(2,3)4/h3-4H2,1-2H3,(H,6,7);3H2,1-2H3,(H,5,6);1-2H3. The number of hydrogen-bond acceptors (Lipinski definition) is 5. The van der Waals surface area contributed by atoms with Crippen molar-refractivity contribution in [3.63, 3.8) is 0 Å². The van der Waals surface area contributed by atoms with Crippen molar-refractivity contribution >= 4 is 21.7 Å². The van der Waals surface area contributed by atoms with Gasteiger partial charge in [0.2, 0.25) is 11.8 Å². The van der Waals surface area contributed by atoms with Gasteiger partial charge in [-0.3, -0.25) is 9.59 Å². The molecule has 0 spiro atoms. The van der Waals surface area contributed by atoms with Crippen LogP contribution in [0.1, 0.15) is 20.8 Å². The van der Waals surface area contributed by atoms with E-state index in [1.54, 1.807) is 7.11 Å². The van der Waals surface area contributed by atoms with Crippen molar-refractivity contribution in [1.29, 1.82) is 0 Å². The molecule has 2 amide bonds. The molecule has 0 aromatic rings. The van der Waals surface area contributed by atoms with Crippen LogP contribution in [-0.2, 0) is 24.2 Å². The van der Waals surface area contributed by atoms with Crippen molar-refractivity contribution in [3.8, 4) is 0 Å². The Morgan fingerprint density at radius 1 is 1.05 bits per heavy atom. The van der Waals surface area contributed by atoms with Gasteiger partial charge in [-0.25, -0.2) is 8.42 Å². The van der Waals surface area contributed by atoms with E-state index in [0.717, 1.165) is 19.1 Å². The number of rotatable bonds is 4. The minimum absolute atomic E-state index is 0.0120. The number of amides is 2. The summed E-state index contributed by atoms with van der Waals surface area (Å²) in [4.78, 5) is 20.1. The largest absolute Gasteiger partial charge is 0.383 e. The number of carbonyl (C=O) groups excluding carboxylic acids is 2. The quantitative estimate of drug-likeness (QED) is 0.686. The van der Waals surface area contributed by atoms with Gasteiger partial charge >= 0.3 is 0 Å². The van der Waals surface area contributed by atoms with Gasteiger partial charge in [-0.15, -0.1) is 0 Å². The van der Waals surface area contributed by atoms with E-state index < -0.39 is 9.84 Å². The van der Waals surface area contributed by atoms with Crippen molar-refractivity contribution in [1.82, 2.24) is 10.6 Å². The first-order valence-electron chi connectivity index (χ1n) is 5.67. The molecule has 0 unspecified atom stereocenters. The highest BCUT2D eigenvalue weighted by atomic mass is 32.2. The predicted molar refractivity (Wildman–Crippen MR) is 75.7 cm³/mol. The molecule has 0 bridgehead atoms. The van der Waals surface area contributed by atoms with Crippen LogP contribution in [0.5, 0.6) is 0 Å².